The molecule has 2 heterocycles. The van der Waals surface area contributed by atoms with Gasteiger partial charge in [-0.15, -0.1) is 0 Å². The van der Waals surface area contributed by atoms with Gasteiger partial charge in [0, 0.05) is 22.3 Å². The molecule has 0 saturated carbocycles. The third-order valence-electron chi connectivity index (χ3n) is 4.24. The Bertz CT molecular complexity index is 1260. The van der Waals surface area contributed by atoms with E-state index in [-0.39, 0.29) is 11.7 Å². The van der Waals surface area contributed by atoms with Crippen LogP contribution in [0.5, 0.6) is 0 Å². The van der Waals surface area contributed by atoms with E-state index in [1.807, 2.05) is 28.8 Å². The van der Waals surface area contributed by atoms with Gasteiger partial charge in [-0.25, -0.2) is 4.98 Å². The van der Waals surface area contributed by atoms with Crippen LogP contribution in [-0.4, -0.2) is 26.4 Å². The van der Waals surface area contributed by atoms with Crippen molar-refractivity contribution in [1.29, 1.82) is 0 Å². The average Bonchev–Trinajstić information content (AvgIpc) is 3.34. The van der Waals surface area contributed by atoms with Gasteiger partial charge in [0.1, 0.15) is 5.76 Å². The fraction of sp³-hybridized carbons (Fsp3) is 0.0952. The number of aryl methyl sites for hydroxylation is 1. The molecular weight excluding hydrogens is 479 g/mol. The number of amides is 1. The van der Waals surface area contributed by atoms with E-state index in [9.17, 15) is 4.79 Å². The first-order valence-corrected chi connectivity index (χ1v) is 11.2. The summed E-state index contributed by atoms with van der Waals surface area (Å²) >= 11 is 19.8. The molecule has 0 fully saturated rings. The maximum absolute atomic E-state index is 12.4. The van der Waals surface area contributed by atoms with E-state index in [1.165, 1.54) is 11.8 Å². The summed E-state index contributed by atoms with van der Waals surface area (Å²) in [5.74, 6) is 0.892. The summed E-state index contributed by atoms with van der Waals surface area (Å²) in [4.78, 5) is 16.9. The van der Waals surface area contributed by atoms with Crippen LogP contribution in [0.4, 0.5) is 5.82 Å². The van der Waals surface area contributed by atoms with Crippen LogP contribution >= 0.6 is 46.6 Å². The lowest BCUT2D eigenvalue weighted by Gasteiger charge is -2.13. The molecule has 4 aromatic rings. The minimum Gasteiger partial charge on any atom is -0.360 e. The fourth-order valence-electron chi connectivity index (χ4n) is 2.89. The fourth-order valence-corrected chi connectivity index (χ4v) is 4.17. The van der Waals surface area contributed by atoms with E-state index >= 15 is 0 Å². The Kier molecular flexibility index (Phi) is 6.57. The lowest BCUT2D eigenvalue weighted by atomic mass is 10.1. The van der Waals surface area contributed by atoms with Gasteiger partial charge in [-0.1, -0.05) is 63.9 Å². The summed E-state index contributed by atoms with van der Waals surface area (Å²) in [5, 5.41) is 8.58. The molecule has 0 unspecified atom stereocenters. The van der Waals surface area contributed by atoms with Crippen molar-refractivity contribution in [1.82, 2.24) is 14.7 Å². The lowest BCUT2D eigenvalue weighted by molar-refractivity contribution is -0.113. The van der Waals surface area contributed by atoms with Crippen molar-refractivity contribution in [2.24, 2.45) is 0 Å². The number of nitrogens with zero attached hydrogens (tertiary/aromatic N) is 3. The van der Waals surface area contributed by atoms with Crippen molar-refractivity contribution in [3.8, 4) is 16.9 Å². The topological polar surface area (TPSA) is 73.0 Å². The molecule has 1 N–H and O–H groups in total. The van der Waals surface area contributed by atoms with Crippen molar-refractivity contribution in [2.75, 3.05) is 11.1 Å². The van der Waals surface area contributed by atoms with Crippen molar-refractivity contribution in [3.05, 3.63) is 75.6 Å². The molecule has 6 nitrogen and oxygen atoms in total. The molecular formula is C21H15Cl3N4O2S. The Morgan fingerprint density at radius 2 is 1.97 bits per heavy atom. The molecule has 0 saturated heterocycles. The zero-order chi connectivity index (χ0) is 22.0. The molecule has 158 valence electrons. The number of aromatic nitrogens is 3. The number of imidazole rings is 1. The maximum atomic E-state index is 12.4. The molecule has 31 heavy (non-hydrogen) atoms. The number of halogens is 3. The molecule has 0 aliphatic heterocycles. The van der Waals surface area contributed by atoms with Gasteiger partial charge in [-0.2, -0.15) is 0 Å². The van der Waals surface area contributed by atoms with Crippen LogP contribution in [0.25, 0.3) is 16.9 Å². The monoisotopic (exact) mass is 492 g/mol. The van der Waals surface area contributed by atoms with E-state index in [0.29, 0.717) is 31.8 Å². The van der Waals surface area contributed by atoms with Crippen molar-refractivity contribution < 1.29 is 9.32 Å². The van der Waals surface area contributed by atoms with Gasteiger partial charge in [0.2, 0.25) is 5.91 Å². The first kappa shape index (κ1) is 21.8. The molecule has 2 aromatic heterocycles. The smallest absolute Gasteiger partial charge is 0.236 e. The molecule has 2 aromatic carbocycles. The van der Waals surface area contributed by atoms with Gasteiger partial charge in [0.25, 0.3) is 0 Å². The van der Waals surface area contributed by atoms with Crippen molar-refractivity contribution in [2.45, 2.75) is 12.1 Å². The second-order valence-corrected chi connectivity index (χ2v) is 8.72. The molecule has 0 atom stereocenters. The number of benzene rings is 2. The van der Waals surface area contributed by atoms with Crippen LogP contribution in [0.15, 0.2) is 64.4 Å². The highest BCUT2D eigenvalue weighted by atomic mass is 35.5. The largest absolute Gasteiger partial charge is 0.360 e. The van der Waals surface area contributed by atoms with E-state index in [1.54, 1.807) is 37.4 Å². The molecule has 0 bridgehead atoms. The standard InChI is InChI=1S/C21H15Cl3N4O2S/c1-12-7-19(27-30-12)26-20(29)11-31-21-25-10-18(13-5-6-16(23)17(24)8-13)28(21)15-4-2-3-14(22)9-15/h2-10H,11H2,1H3,(H,26,27,29). The Hall–Kier alpha value is -2.45. The number of hydrogen-bond acceptors (Lipinski definition) is 5. The number of nitrogens with one attached hydrogen (secondary N) is 1. The van der Waals surface area contributed by atoms with E-state index in [2.05, 4.69) is 15.5 Å². The first-order chi connectivity index (χ1) is 14.9. The third kappa shape index (κ3) is 5.07. The van der Waals surface area contributed by atoms with Gasteiger partial charge < -0.3 is 9.84 Å². The Balaban J connectivity index is 1.65. The highest BCUT2D eigenvalue weighted by Gasteiger charge is 2.17. The first-order valence-electron chi connectivity index (χ1n) is 9.06. The Morgan fingerprint density at radius 3 is 2.68 bits per heavy atom. The van der Waals surface area contributed by atoms with Crippen molar-refractivity contribution >= 4 is 58.3 Å². The quantitative estimate of drug-likeness (QED) is 0.309. The highest BCUT2D eigenvalue weighted by molar-refractivity contribution is 7.99. The van der Waals surface area contributed by atoms with E-state index < -0.39 is 0 Å². The second-order valence-electron chi connectivity index (χ2n) is 6.53. The molecule has 1 amide bonds. The lowest BCUT2D eigenvalue weighted by Crippen LogP contribution is -2.14. The minimum atomic E-state index is -0.227. The normalized spacial score (nSPS) is 11.0. The summed E-state index contributed by atoms with van der Waals surface area (Å²) < 4.78 is 6.89. The zero-order valence-electron chi connectivity index (χ0n) is 16.1. The van der Waals surface area contributed by atoms with Gasteiger partial charge in [0.05, 0.1) is 27.7 Å². The summed E-state index contributed by atoms with van der Waals surface area (Å²) in [6.45, 7) is 1.75. The molecule has 4 rings (SSSR count). The van der Waals surface area contributed by atoms with Crippen LogP contribution in [-0.2, 0) is 4.79 Å². The number of carbonyl (C=O) groups is 1. The van der Waals surface area contributed by atoms with Gasteiger partial charge in [-0.3, -0.25) is 9.36 Å². The van der Waals surface area contributed by atoms with Crippen LogP contribution < -0.4 is 5.32 Å². The molecule has 0 aliphatic carbocycles. The Labute approximate surface area is 197 Å². The minimum absolute atomic E-state index is 0.129. The van der Waals surface area contributed by atoms with E-state index in [4.69, 9.17) is 39.3 Å². The predicted octanol–water partition coefficient (Wildman–Crippen LogP) is 6.53. The van der Waals surface area contributed by atoms with Crippen molar-refractivity contribution in [3.63, 3.8) is 0 Å². The van der Waals surface area contributed by atoms with Gasteiger partial charge in [0.15, 0.2) is 11.0 Å². The molecule has 0 aliphatic rings. The zero-order valence-corrected chi connectivity index (χ0v) is 19.2. The SMILES string of the molecule is Cc1cc(NC(=O)CSc2ncc(-c3ccc(Cl)c(Cl)c3)n2-c2cccc(Cl)c2)no1. The van der Waals surface area contributed by atoms with Crippen LogP contribution in [0, 0.1) is 6.92 Å². The van der Waals surface area contributed by atoms with Gasteiger partial charge in [-0.05, 0) is 37.3 Å². The number of carbonyl (C=O) groups excluding carboxylic acids is 1. The number of hydrogen-bond donors (Lipinski definition) is 1. The van der Waals surface area contributed by atoms with Crippen LogP contribution in [0.1, 0.15) is 5.76 Å². The maximum Gasteiger partial charge on any atom is 0.236 e. The summed E-state index contributed by atoms with van der Waals surface area (Å²) in [6.07, 6.45) is 1.72. The number of rotatable bonds is 6. The summed E-state index contributed by atoms with van der Waals surface area (Å²) in [7, 11) is 0. The Morgan fingerprint density at radius 1 is 1.13 bits per heavy atom. The average molecular weight is 494 g/mol. The molecule has 0 spiro atoms. The highest BCUT2D eigenvalue weighted by Crippen LogP contribution is 2.33. The molecule has 10 heteroatoms. The van der Waals surface area contributed by atoms with Crippen LogP contribution in [0.3, 0.4) is 0 Å². The number of anilines is 1. The van der Waals surface area contributed by atoms with Gasteiger partial charge >= 0.3 is 0 Å². The summed E-state index contributed by atoms with van der Waals surface area (Å²) in [5.41, 5.74) is 2.42. The van der Waals surface area contributed by atoms with E-state index in [0.717, 1.165) is 16.9 Å². The number of thioether (sulfide) groups is 1. The second kappa shape index (κ2) is 9.36. The summed E-state index contributed by atoms with van der Waals surface area (Å²) in [6, 6.07) is 14.4. The predicted molar refractivity (Wildman–Crippen MR) is 125 cm³/mol. The third-order valence-corrected chi connectivity index (χ3v) is 6.17. The van der Waals surface area contributed by atoms with Crippen LogP contribution in [0.2, 0.25) is 15.1 Å². The molecule has 0 radical (unpaired) electrons.